The minimum atomic E-state index is -4.75. The number of hydrogen-bond donors (Lipinski definition) is 3. The van der Waals surface area contributed by atoms with Crippen LogP contribution in [0.25, 0.3) is 16.8 Å². The number of aryl methyl sites for hydroxylation is 1. The second kappa shape index (κ2) is 10.5. The van der Waals surface area contributed by atoms with Crippen LogP contribution in [0.15, 0.2) is 54.9 Å². The van der Waals surface area contributed by atoms with E-state index in [1.165, 1.54) is 17.8 Å². The summed E-state index contributed by atoms with van der Waals surface area (Å²) in [6, 6.07) is 8.79. The highest BCUT2D eigenvalue weighted by atomic mass is 35.5. The molecule has 5 atom stereocenters. The maximum absolute atomic E-state index is 13.9. The van der Waals surface area contributed by atoms with E-state index in [0.29, 0.717) is 10.6 Å². The van der Waals surface area contributed by atoms with Gasteiger partial charge in [-0.1, -0.05) is 35.3 Å². The predicted octanol–water partition coefficient (Wildman–Crippen LogP) is 4.16. The van der Waals surface area contributed by atoms with E-state index >= 15 is 0 Å². The van der Waals surface area contributed by atoms with Crippen molar-refractivity contribution in [2.24, 2.45) is 0 Å². The van der Waals surface area contributed by atoms with E-state index in [-0.39, 0.29) is 16.7 Å². The Morgan fingerprint density at radius 1 is 1.00 bits per heavy atom. The van der Waals surface area contributed by atoms with Crippen LogP contribution in [0.2, 0.25) is 10.0 Å². The van der Waals surface area contributed by atoms with Crippen molar-refractivity contribution in [3.05, 3.63) is 82.1 Å². The molecule has 0 spiro atoms. The minimum absolute atomic E-state index is 0.0232. The van der Waals surface area contributed by atoms with Gasteiger partial charge in [0, 0.05) is 21.8 Å². The summed E-state index contributed by atoms with van der Waals surface area (Å²) in [5.74, 6) is -0.0746. The molecule has 1 saturated heterocycles. The van der Waals surface area contributed by atoms with Crippen molar-refractivity contribution in [2.75, 3.05) is 6.61 Å². The molecule has 3 heterocycles. The Bertz CT molecular complexity index is 1480. The van der Waals surface area contributed by atoms with Crippen molar-refractivity contribution in [1.82, 2.24) is 24.5 Å². The maximum atomic E-state index is 13.9. The van der Waals surface area contributed by atoms with Crippen LogP contribution in [-0.4, -0.2) is 64.8 Å². The lowest BCUT2D eigenvalue weighted by atomic mass is 9.92. The zero-order valence-electron chi connectivity index (χ0n) is 20.2. The van der Waals surface area contributed by atoms with Crippen LogP contribution in [0.5, 0.6) is 0 Å². The van der Waals surface area contributed by atoms with Crippen molar-refractivity contribution in [2.45, 2.75) is 43.6 Å². The van der Waals surface area contributed by atoms with Crippen molar-refractivity contribution >= 4 is 23.2 Å². The topological polar surface area (TPSA) is 118 Å². The molecular weight excluding hydrogens is 562 g/mol. The quantitative estimate of drug-likeness (QED) is 0.323. The van der Waals surface area contributed by atoms with Gasteiger partial charge in [-0.05, 0) is 42.8 Å². The van der Waals surface area contributed by atoms with Gasteiger partial charge in [-0.15, -0.1) is 0 Å². The van der Waals surface area contributed by atoms with Crippen molar-refractivity contribution in [1.29, 1.82) is 0 Å². The first-order valence-electron chi connectivity index (χ1n) is 11.7. The Labute approximate surface area is 230 Å². The molecule has 2 aromatic carbocycles. The molecule has 1 aliphatic rings. The third-order valence-corrected chi connectivity index (χ3v) is 6.95. The Hall–Kier alpha value is -3.00. The molecule has 39 heavy (non-hydrogen) atoms. The number of aromatic nitrogens is 5. The number of aliphatic hydroxyl groups is 3. The average Bonchev–Trinajstić information content (AvgIpc) is 3.51. The Kier molecular flexibility index (Phi) is 7.44. The van der Waals surface area contributed by atoms with Gasteiger partial charge in [-0.25, -0.2) is 9.67 Å². The predicted molar refractivity (Wildman–Crippen MR) is 135 cm³/mol. The summed E-state index contributed by atoms with van der Waals surface area (Å²) in [6.07, 6.45) is -7.24. The van der Waals surface area contributed by atoms with Gasteiger partial charge in [-0.2, -0.15) is 23.4 Å². The SMILES string of the molecule is Cc1nc([C@@H]2OC(CO)[C@H](O)C(n3cc(-c4ccc(Cl)cc4)cn3)[C@@H]2O)n(-c2cc(Cl)ccc2C(F)(F)F)n1. The van der Waals surface area contributed by atoms with Gasteiger partial charge in [0.2, 0.25) is 0 Å². The van der Waals surface area contributed by atoms with Gasteiger partial charge >= 0.3 is 6.18 Å². The van der Waals surface area contributed by atoms with Gasteiger partial charge in [0.1, 0.15) is 36.3 Å². The van der Waals surface area contributed by atoms with E-state index in [2.05, 4.69) is 15.2 Å². The molecule has 0 amide bonds. The summed E-state index contributed by atoms with van der Waals surface area (Å²) in [7, 11) is 0. The molecule has 0 aliphatic carbocycles. The summed E-state index contributed by atoms with van der Waals surface area (Å²) >= 11 is 12.0. The number of hydrogen-bond acceptors (Lipinski definition) is 7. The molecule has 4 aromatic rings. The minimum Gasteiger partial charge on any atom is -0.394 e. The van der Waals surface area contributed by atoms with Gasteiger partial charge in [0.25, 0.3) is 0 Å². The molecular formula is C25H22Cl2F3N5O4. The normalized spacial score (nSPS) is 23.8. The van der Waals surface area contributed by atoms with Gasteiger partial charge < -0.3 is 20.1 Å². The molecule has 0 saturated carbocycles. The van der Waals surface area contributed by atoms with Crippen LogP contribution in [0.4, 0.5) is 13.2 Å². The summed E-state index contributed by atoms with van der Waals surface area (Å²) < 4.78 is 49.6. The number of aliphatic hydroxyl groups excluding tert-OH is 3. The van der Waals surface area contributed by atoms with E-state index in [0.717, 1.165) is 28.4 Å². The van der Waals surface area contributed by atoms with Crippen LogP contribution in [0.1, 0.15) is 29.4 Å². The molecule has 1 aliphatic heterocycles. The van der Waals surface area contributed by atoms with Crippen LogP contribution >= 0.6 is 23.2 Å². The number of benzene rings is 2. The third-order valence-electron chi connectivity index (χ3n) is 6.46. The molecule has 14 heteroatoms. The number of ether oxygens (including phenoxy) is 1. The molecule has 0 radical (unpaired) electrons. The monoisotopic (exact) mass is 583 g/mol. The Morgan fingerprint density at radius 3 is 2.36 bits per heavy atom. The van der Waals surface area contributed by atoms with Crippen molar-refractivity contribution in [3.8, 4) is 16.8 Å². The van der Waals surface area contributed by atoms with E-state index in [1.807, 2.05) is 0 Å². The van der Waals surface area contributed by atoms with Crippen molar-refractivity contribution < 1.29 is 33.2 Å². The first-order valence-corrected chi connectivity index (χ1v) is 12.5. The number of rotatable bonds is 5. The second-order valence-electron chi connectivity index (χ2n) is 9.05. The first kappa shape index (κ1) is 27.6. The van der Waals surface area contributed by atoms with Gasteiger partial charge in [-0.3, -0.25) is 4.68 Å². The van der Waals surface area contributed by atoms with Crippen LogP contribution in [-0.2, 0) is 10.9 Å². The summed E-state index contributed by atoms with van der Waals surface area (Å²) in [5, 5.41) is 41.3. The average molecular weight is 584 g/mol. The first-order chi connectivity index (χ1) is 18.5. The van der Waals surface area contributed by atoms with Crippen LogP contribution in [0.3, 0.4) is 0 Å². The van der Waals surface area contributed by atoms with Gasteiger partial charge in [0.15, 0.2) is 5.82 Å². The fourth-order valence-corrected chi connectivity index (χ4v) is 4.93. The second-order valence-corrected chi connectivity index (χ2v) is 9.93. The van der Waals surface area contributed by atoms with E-state index in [4.69, 9.17) is 27.9 Å². The third kappa shape index (κ3) is 5.28. The number of halogens is 5. The summed E-state index contributed by atoms with van der Waals surface area (Å²) in [5.41, 5.74) is -0.0255. The molecule has 9 nitrogen and oxygen atoms in total. The van der Waals surface area contributed by atoms with E-state index in [1.54, 1.807) is 30.5 Å². The maximum Gasteiger partial charge on any atom is 0.418 e. The molecule has 5 rings (SSSR count). The molecule has 2 unspecified atom stereocenters. The number of nitrogens with zero attached hydrogens (tertiary/aromatic N) is 5. The van der Waals surface area contributed by atoms with Crippen LogP contribution in [0, 0.1) is 6.92 Å². The molecule has 206 valence electrons. The number of alkyl halides is 3. The summed E-state index contributed by atoms with van der Waals surface area (Å²) in [4.78, 5) is 4.25. The largest absolute Gasteiger partial charge is 0.418 e. The highest BCUT2D eigenvalue weighted by Crippen LogP contribution is 2.41. The van der Waals surface area contributed by atoms with Crippen molar-refractivity contribution in [3.63, 3.8) is 0 Å². The van der Waals surface area contributed by atoms with E-state index < -0.39 is 54.5 Å². The fraction of sp³-hybridized carbons (Fsp3) is 0.320. The summed E-state index contributed by atoms with van der Waals surface area (Å²) in [6.45, 7) is 0.819. The lowest BCUT2D eigenvalue weighted by Gasteiger charge is -2.42. The Balaban J connectivity index is 1.58. The lowest BCUT2D eigenvalue weighted by Crippen LogP contribution is -2.53. The molecule has 0 bridgehead atoms. The van der Waals surface area contributed by atoms with E-state index in [9.17, 15) is 28.5 Å². The fourth-order valence-electron chi connectivity index (χ4n) is 4.63. The van der Waals surface area contributed by atoms with Gasteiger partial charge in [0.05, 0.1) is 24.1 Å². The molecule has 1 fully saturated rings. The smallest absolute Gasteiger partial charge is 0.394 e. The lowest BCUT2D eigenvalue weighted by molar-refractivity contribution is -0.210. The highest BCUT2D eigenvalue weighted by molar-refractivity contribution is 6.31. The zero-order valence-corrected chi connectivity index (χ0v) is 21.7. The Morgan fingerprint density at radius 2 is 1.69 bits per heavy atom. The zero-order chi connectivity index (χ0) is 28.1. The molecule has 3 N–H and O–H groups in total. The molecule has 2 aromatic heterocycles. The standard InChI is InChI=1S/C25H22Cl2F3N5O4/c1-12-32-24(35(33-12)18-8-16(27)6-7-17(18)25(28,29)30)23-22(38)20(21(37)19(11-36)39-23)34-10-14(9-31-34)13-2-4-15(26)5-3-13/h2-10,19-23,36-38H,11H2,1H3/t19?,20?,21-,22-,23+/m0/s1. The highest BCUT2D eigenvalue weighted by Gasteiger charge is 2.48. The van der Waals surface area contributed by atoms with Crippen LogP contribution < -0.4 is 0 Å².